The highest BCUT2D eigenvalue weighted by molar-refractivity contribution is 6.33. The summed E-state index contributed by atoms with van der Waals surface area (Å²) in [4.78, 5) is 42.3. The molecule has 1 N–H and O–H groups in total. The van der Waals surface area contributed by atoms with Gasteiger partial charge in [-0.25, -0.2) is 0 Å². The van der Waals surface area contributed by atoms with Gasteiger partial charge >= 0.3 is 0 Å². The number of para-hydroxylation sites is 1. The number of amides is 3. The van der Waals surface area contributed by atoms with Crippen LogP contribution in [-0.4, -0.2) is 78.2 Å². The summed E-state index contributed by atoms with van der Waals surface area (Å²) in [7, 11) is 0. The lowest BCUT2D eigenvalue weighted by Gasteiger charge is -2.38. The number of benzene rings is 1. The molecule has 8 heteroatoms. The fraction of sp³-hybridized carbons (Fsp3) is 0.550. The fourth-order valence-electron chi connectivity index (χ4n) is 3.80. The number of likely N-dealkylation sites (tertiary alicyclic amines) is 1. The molecule has 0 saturated carbocycles. The largest absolute Gasteiger partial charge is 0.342 e. The van der Waals surface area contributed by atoms with E-state index in [1.165, 1.54) is 0 Å². The van der Waals surface area contributed by atoms with Crippen molar-refractivity contribution in [2.75, 3.05) is 51.1 Å². The number of hydrogen-bond donors (Lipinski definition) is 1. The number of rotatable bonds is 4. The SMILES string of the molecule is CC(=O)N1CCC[C@H](C(=O)N2CCN(CC(=O)Nc3ccccc3Cl)CC2)C1. The number of anilines is 1. The molecule has 1 aromatic rings. The maximum atomic E-state index is 12.8. The molecule has 0 bridgehead atoms. The van der Waals surface area contributed by atoms with Gasteiger partial charge in [0.1, 0.15) is 0 Å². The zero-order valence-electron chi connectivity index (χ0n) is 16.2. The van der Waals surface area contributed by atoms with Gasteiger partial charge in [0.2, 0.25) is 17.7 Å². The van der Waals surface area contributed by atoms with E-state index in [1.54, 1.807) is 24.0 Å². The molecule has 2 saturated heterocycles. The summed E-state index contributed by atoms with van der Waals surface area (Å²) in [5.74, 6) is -0.0528. The summed E-state index contributed by atoms with van der Waals surface area (Å²) in [5, 5.41) is 3.34. The summed E-state index contributed by atoms with van der Waals surface area (Å²) in [6, 6.07) is 7.14. The number of nitrogens with one attached hydrogen (secondary N) is 1. The van der Waals surface area contributed by atoms with Crippen LogP contribution in [0.3, 0.4) is 0 Å². The van der Waals surface area contributed by atoms with Crippen molar-refractivity contribution in [2.24, 2.45) is 5.92 Å². The van der Waals surface area contributed by atoms with Crippen LogP contribution in [0.5, 0.6) is 0 Å². The van der Waals surface area contributed by atoms with Crippen molar-refractivity contribution in [3.8, 4) is 0 Å². The molecule has 0 aromatic heterocycles. The van der Waals surface area contributed by atoms with Gasteiger partial charge in [-0.1, -0.05) is 23.7 Å². The van der Waals surface area contributed by atoms with Gasteiger partial charge in [0.25, 0.3) is 0 Å². The molecule has 3 amide bonds. The molecule has 7 nitrogen and oxygen atoms in total. The third kappa shape index (κ3) is 5.23. The Labute approximate surface area is 170 Å². The van der Waals surface area contributed by atoms with E-state index in [0.29, 0.717) is 43.4 Å². The third-order valence-electron chi connectivity index (χ3n) is 5.42. The standard InChI is InChI=1S/C20H27ClN4O3/c1-15(26)25-8-4-5-16(13-25)20(28)24-11-9-23(10-12-24)14-19(27)22-18-7-3-2-6-17(18)21/h2-3,6-7,16H,4-5,8-14H2,1H3,(H,22,27)/t16-/m0/s1. The van der Waals surface area contributed by atoms with Crippen molar-refractivity contribution in [2.45, 2.75) is 19.8 Å². The molecule has 28 heavy (non-hydrogen) atoms. The zero-order valence-corrected chi connectivity index (χ0v) is 17.0. The maximum Gasteiger partial charge on any atom is 0.238 e. The van der Waals surface area contributed by atoms with Gasteiger partial charge in [-0.3, -0.25) is 19.3 Å². The summed E-state index contributed by atoms with van der Waals surface area (Å²) >= 11 is 6.07. The topological polar surface area (TPSA) is 73.0 Å². The number of nitrogens with zero attached hydrogens (tertiary/aromatic N) is 3. The molecule has 0 unspecified atom stereocenters. The first kappa shape index (κ1) is 20.6. The molecule has 0 aliphatic carbocycles. The minimum Gasteiger partial charge on any atom is -0.342 e. The van der Waals surface area contributed by atoms with Crippen molar-refractivity contribution in [1.82, 2.24) is 14.7 Å². The Bertz CT molecular complexity index is 734. The lowest BCUT2D eigenvalue weighted by Crippen LogP contribution is -2.53. The minimum absolute atomic E-state index is 0.0341. The zero-order chi connectivity index (χ0) is 20.1. The van der Waals surface area contributed by atoms with E-state index in [0.717, 1.165) is 19.4 Å². The van der Waals surface area contributed by atoms with Gasteiger partial charge in [-0.2, -0.15) is 0 Å². The molecule has 152 valence electrons. The Morgan fingerprint density at radius 2 is 1.79 bits per heavy atom. The first-order valence-corrected chi connectivity index (χ1v) is 10.1. The van der Waals surface area contributed by atoms with E-state index in [1.807, 2.05) is 21.9 Å². The van der Waals surface area contributed by atoms with Gasteiger partial charge in [0.05, 0.1) is 23.2 Å². The van der Waals surface area contributed by atoms with Gasteiger partial charge < -0.3 is 15.1 Å². The van der Waals surface area contributed by atoms with E-state index >= 15 is 0 Å². The Kier molecular flexibility index (Phi) is 6.91. The molecule has 3 rings (SSSR count). The van der Waals surface area contributed by atoms with Crippen LogP contribution in [0.2, 0.25) is 5.02 Å². The van der Waals surface area contributed by atoms with Crippen molar-refractivity contribution < 1.29 is 14.4 Å². The van der Waals surface area contributed by atoms with E-state index in [2.05, 4.69) is 5.32 Å². The van der Waals surface area contributed by atoms with Gasteiger partial charge in [-0.05, 0) is 25.0 Å². The van der Waals surface area contributed by atoms with Gasteiger partial charge in [-0.15, -0.1) is 0 Å². The number of piperidine rings is 1. The lowest BCUT2D eigenvalue weighted by atomic mass is 9.96. The normalized spacial score (nSPS) is 20.7. The molecule has 1 aromatic carbocycles. The van der Waals surface area contributed by atoms with E-state index in [-0.39, 0.29) is 30.2 Å². The Morgan fingerprint density at radius 1 is 1.07 bits per heavy atom. The van der Waals surface area contributed by atoms with Gasteiger partial charge in [0.15, 0.2) is 0 Å². The summed E-state index contributed by atoms with van der Waals surface area (Å²) in [5.41, 5.74) is 0.607. The first-order chi connectivity index (χ1) is 13.4. The van der Waals surface area contributed by atoms with Crippen molar-refractivity contribution in [1.29, 1.82) is 0 Å². The first-order valence-electron chi connectivity index (χ1n) is 9.75. The predicted molar refractivity (Wildman–Crippen MR) is 108 cm³/mol. The molecule has 1 atom stereocenters. The van der Waals surface area contributed by atoms with Crippen LogP contribution in [0.15, 0.2) is 24.3 Å². The van der Waals surface area contributed by atoms with Crippen LogP contribution in [-0.2, 0) is 14.4 Å². The maximum absolute atomic E-state index is 12.8. The highest BCUT2D eigenvalue weighted by atomic mass is 35.5. The average Bonchev–Trinajstić information content (AvgIpc) is 2.70. The van der Waals surface area contributed by atoms with Crippen molar-refractivity contribution in [3.05, 3.63) is 29.3 Å². The van der Waals surface area contributed by atoms with Crippen LogP contribution in [0.1, 0.15) is 19.8 Å². The van der Waals surface area contributed by atoms with E-state index in [4.69, 9.17) is 11.6 Å². The van der Waals surface area contributed by atoms with Crippen LogP contribution < -0.4 is 5.32 Å². The summed E-state index contributed by atoms with van der Waals surface area (Å²) in [6.07, 6.45) is 1.71. The van der Waals surface area contributed by atoms with Crippen molar-refractivity contribution in [3.63, 3.8) is 0 Å². The second-order valence-corrected chi connectivity index (χ2v) is 7.84. The van der Waals surface area contributed by atoms with Crippen LogP contribution in [0, 0.1) is 5.92 Å². The molecular formula is C20H27ClN4O3. The molecule has 0 spiro atoms. The van der Waals surface area contributed by atoms with Crippen LogP contribution in [0.4, 0.5) is 5.69 Å². The van der Waals surface area contributed by atoms with Crippen LogP contribution in [0.25, 0.3) is 0 Å². The summed E-state index contributed by atoms with van der Waals surface area (Å²) in [6.45, 7) is 5.62. The highest BCUT2D eigenvalue weighted by Gasteiger charge is 2.32. The fourth-order valence-corrected chi connectivity index (χ4v) is 3.99. The Morgan fingerprint density at radius 3 is 2.46 bits per heavy atom. The number of piperazine rings is 1. The monoisotopic (exact) mass is 406 g/mol. The van der Waals surface area contributed by atoms with Crippen molar-refractivity contribution >= 4 is 35.0 Å². The second-order valence-electron chi connectivity index (χ2n) is 7.43. The second kappa shape index (κ2) is 9.39. The number of halogens is 1. The molecule has 2 aliphatic heterocycles. The van der Waals surface area contributed by atoms with E-state index < -0.39 is 0 Å². The molecular weight excluding hydrogens is 380 g/mol. The number of carbonyl (C=O) groups excluding carboxylic acids is 3. The van der Waals surface area contributed by atoms with E-state index in [9.17, 15) is 14.4 Å². The Balaban J connectivity index is 1.45. The molecule has 2 aliphatic rings. The molecule has 0 radical (unpaired) electrons. The molecule has 2 heterocycles. The summed E-state index contributed by atoms with van der Waals surface area (Å²) < 4.78 is 0. The molecule has 2 fully saturated rings. The predicted octanol–water partition coefficient (Wildman–Crippen LogP) is 1.68. The Hall–Kier alpha value is -2.12. The third-order valence-corrected chi connectivity index (χ3v) is 5.74. The number of hydrogen-bond acceptors (Lipinski definition) is 4. The highest BCUT2D eigenvalue weighted by Crippen LogP contribution is 2.21. The number of carbonyl (C=O) groups is 3. The smallest absolute Gasteiger partial charge is 0.238 e. The van der Waals surface area contributed by atoms with Gasteiger partial charge in [0, 0.05) is 46.2 Å². The minimum atomic E-state index is -0.114. The quantitative estimate of drug-likeness (QED) is 0.825. The average molecular weight is 407 g/mol. The van der Waals surface area contributed by atoms with Crippen LogP contribution >= 0.6 is 11.6 Å². The lowest BCUT2D eigenvalue weighted by molar-refractivity contribution is -0.141.